The summed E-state index contributed by atoms with van der Waals surface area (Å²) in [5, 5.41) is 12.1. The van der Waals surface area contributed by atoms with Gasteiger partial charge in [0.05, 0.1) is 5.92 Å². The topological polar surface area (TPSA) is 78.4 Å². The third-order valence-electron chi connectivity index (χ3n) is 3.53. The standard InChI is InChI=1S/C13H20N4O2/c1-4-17(3)12-7-11(14-8(2)15-12)16-10-5-9(6-10)13(18)19/h7,9-10H,4-6H2,1-3H3,(H,18,19)(H,14,15,16). The monoisotopic (exact) mass is 264 g/mol. The lowest BCUT2D eigenvalue weighted by Crippen LogP contribution is -2.39. The first-order chi connectivity index (χ1) is 8.99. The number of rotatable bonds is 5. The van der Waals surface area contributed by atoms with Crippen molar-refractivity contribution in [1.82, 2.24) is 9.97 Å². The highest BCUT2D eigenvalue weighted by atomic mass is 16.4. The SMILES string of the molecule is CCN(C)c1cc(NC2CC(C(=O)O)C2)nc(C)n1. The number of hydrogen-bond acceptors (Lipinski definition) is 5. The van der Waals surface area contributed by atoms with Crippen molar-refractivity contribution in [2.24, 2.45) is 5.92 Å². The van der Waals surface area contributed by atoms with Crippen molar-refractivity contribution in [3.05, 3.63) is 11.9 Å². The van der Waals surface area contributed by atoms with Gasteiger partial charge in [-0.25, -0.2) is 9.97 Å². The molecular formula is C13H20N4O2. The molecule has 0 aliphatic heterocycles. The molecule has 104 valence electrons. The molecule has 0 amide bonds. The zero-order chi connectivity index (χ0) is 14.0. The number of carboxylic acid groups (broad SMARTS) is 1. The van der Waals surface area contributed by atoms with E-state index in [4.69, 9.17) is 5.11 Å². The number of nitrogens with zero attached hydrogens (tertiary/aromatic N) is 3. The molecule has 1 saturated carbocycles. The fourth-order valence-electron chi connectivity index (χ4n) is 2.13. The van der Waals surface area contributed by atoms with E-state index in [9.17, 15) is 4.79 Å². The van der Waals surface area contributed by atoms with Gasteiger partial charge in [-0.2, -0.15) is 0 Å². The Morgan fingerprint density at radius 3 is 2.79 bits per heavy atom. The van der Waals surface area contributed by atoms with Gasteiger partial charge in [0.25, 0.3) is 0 Å². The van der Waals surface area contributed by atoms with Gasteiger partial charge in [0.2, 0.25) is 0 Å². The third-order valence-corrected chi connectivity index (χ3v) is 3.53. The van der Waals surface area contributed by atoms with Crippen LogP contribution in [0, 0.1) is 12.8 Å². The Labute approximate surface area is 112 Å². The molecule has 1 heterocycles. The molecule has 1 aliphatic rings. The van der Waals surface area contributed by atoms with Crippen molar-refractivity contribution in [3.63, 3.8) is 0 Å². The molecule has 0 aromatic carbocycles. The molecule has 1 aromatic heterocycles. The fourth-order valence-corrected chi connectivity index (χ4v) is 2.13. The van der Waals surface area contributed by atoms with Crippen molar-refractivity contribution in [2.75, 3.05) is 23.8 Å². The molecule has 0 unspecified atom stereocenters. The molecule has 0 atom stereocenters. The summed E-state index contributed by atoms with van der Waals surface area (Å²) in [6, 6.07) is 2.11. The lowest BCUT2D eigenvalue weighted by Gasteiger charge is -2.33. The summed E-state index contributed by atoms with van der Waals surface area (Å²) in [5.74, 6) is 1.46. The van der Waals surface area contributed by atoms with Crippen LogP contribution in [0.25, 0.3) is 0 Å². The summed E-state index contributed by atoms with van der Waals surface area (Å²) in [4.78, 5) is 21.5. The Morgan fingerprint density at radius 2 is 2.21 bits per heavy atom. The number of aliphatic carboxylic acids is 1. The van der Waals surface area contributed by atoms with E-state index in [1.54, 1.807) is 0 Å². The third kappa shape index (κ3) is 3.13. The highest BCUT2D eigenvalue weighted by Gasteiger charge is 2.34. The molecule has 2 N–H and O–H groups in total. The molecule has 19 heavy (non-hydrogen) atoms. The van der Waals surface area contributed by atoms with Gasteiger partial charge in [0.15, 0.2) is 0 Å². The Kier molecular flexibility index (Phi) is 3.87. The molecule has 0 spiro atoms. The number of carboxylic acids is 1. The zero-order valence-electron chi connectivity index (χ0n) is 11.6. The van der Waals surface area contributed by atoms with Crippen molar-refractivity contribution < 1.29 is 9.90 Å². The van der Waals surface area contributed by atoms with Gasteiger partial charge in [0.1, 0.15) is 17.5 Å². The van der Waals surface area contributed by atoms with E-state index < -0.39 is 5.97 Å². The maximum atomic E-state index is 10.8. The van der Waals surface area contributed by atoms with Crippen LogP contribution in [-0.4, -0.2) is 40.7 Å². The first-order valence-corrected chi connectivity index (χ1v) is 6.55. The molecule has 1 aromatic rings. The molecule has 6 heteroatoms. The molecule has 0 bridgehead atoms. The lowest BCUT2D eigenvalue weighted by atomic mass is 9.80. The van der Waals surface area contributed by atoms with Crippen LogP contribution < -0.4 is 10.2 Å². The fraction of sp³-hybridized carbons (Fsp3) is 0.615. The van der Waals surface area contributed by atoms with Crippen LogP contribution in [-0.2, 0) is 4.79 Å². The molecule has 6 nitrogen and oxygen atoms in total. The minimum Gasteiger partial charge on any atom is -0.481 e. The van der Waals surface area contributed by atoms with E-state index in [1.165, 1.54) is 0 Å². The molecule has 0 saturated heterocycles. The van der Waals surface area contributed by atoms with Crippen LogP contribution in [0.2, 0.25) is 0 Å². The minimum absolute atomic E-state index is 0.204. The number of nitrogens with one attached hydrogen (secondary N) is 1. The van der Waals surface area contributed by atoms with Crippen molar-refractivity contribution in [2.45, 2.75) is 32.7 Å². The van der Waals surface area contributed by atoms with Gasteiger partial charge in [0, 0.05) is 25.7 Å². The Hall–Kier alpha value is -1.85. The predicted octanol–water partition coefficient (Wildman–Crippen LogP) is 1.52. The summed E-state index contributed by atoms with van der Waals surface area (Å²) in [7, 11) is 1.98. The van der Waals surface area contributed by atoms with Gasteiger partial charge in [-0.3, -0.25) is 4.79 Å². The molecule has 1 fully saturated rings. The Morgan fingerprint density at radius 1 is 1.53 bits per heavy atom. The highest BCUT2D eigenvalue weighted by molar-refractivity contribution is 5.71. The molecule has 0 radical (unpaired) electrons. The zero-order valence-corrected chi connectivity index (χ0v) is 11.6. The van der Waals surface area contributed by atoms with Gasteiger partial charge in [-0.1, -0.05) is 0 Å². The van der Waals surface area contributed by atoms with Crippen LogP contribution in [0.5, 0.6) is 0 Å². The van der Waals surface area contributed by atoms with Gasteiger partial charge in [-0.15, -0.1) is 0 Å². The number of hydrogen-bond donors (Lipinski definition) is 2. The van der Waals surface area contributed by atoms with Crippen LogP contribution in [0.15, 0.2) is 6.07 Å². The predicted molar refractivity (Wildman–Crippen MR) is 73.5 cm³/mol. The van der Waals surface area contributed by atoms with Gasteiger partial charge < -0.3 is 15.3 Å². The smallest absolute Gasteiger partial charge is 0.306 e. The van der Waals surface area contributed by atoms with Crippen molar-refractivity contribution >= 4 is 17.6 Å². The van der Waals surface area contributed by atoms with Gasteiger partial charge in [-0.05, 0) is 26.7 Å². The summed E-state index contributed by atoms with van der Waals surface area (Å²) >= 11 is 0. The van der Waals surface area contributed by atoms with Crippen molar-refractivity contribution in [1.29, 1.82) is 0 Å². The molecular weight excluding hydrogens is 244 g/mol. The number of aryl methyl sites for hydroxylation is 1. The minimum atomic E-state index is -0.705. The maximum Gasteiger partial charge on any atom is 0.306 e. The van der Waals surface area contributed by atoms with Crippen molar-refractivity contribution in [3.8, 4) is 0 Å². The summed E-state index contributed by atoms with van der Waals surface area (Å²) in [6.45, 7) is 4.80. The van der Waals surface area contributed by atoms with E-state index in [2.05, 4.69) is 22.2 Å². The maximum absolute atomic E-state index is 10.8. The molecule has 1 aliphatic carbocycles. The summed E-state index contributed by atoms with van der Waals surface area (Å²) < 4.78 is 0. The lowest BCUT2D eigenvalue weighted by molar-refractivity contribution is -0.144. The van der Waals surface area contributed by atoms with Crippen LogP contribution in [0.4, 0.5) is 11.6 Å². The average Bonchev–Trinajstić information content (AvgIpc) is 2.31. The number of aromatic nitrogens is 2. The van der Waals surface area contributed by atoms with E-state index in [-0.39, 0.29) is 12.0 Å². The summed E-state index contributed by atoms with van der Waals surface area (Å²) in [5.41, 5.74) is 0. The number of anilines is 2. The van der Waals surface area contributed by atoms with E-state index in [1.807, 2.05) is 24.9 Å². The first kappa shape index (κ1) is 13.6. The average molecular weight is 264 g/mol. The normalized spacial score (nSPS) is 21.6. The number of carbonyl (C=O) groups is 1. The van der Waals surface area contributed by atoms with E-state index >= 15 is 0 Å². The Bertz CT molecular complexity index is 472. The molecule has 2 rings (SSSR count). The highest BCUT2D eigenvalue weighted by Crippen LogP contribution is 2.30. The second-order valence-electron chi connectivity index (χ2n) is 5.02. The van der Waals surface area contributed by atoms with Crippen LogP contribution >= 0.6 is 0 Å². The second kappa shape index (κ2) is 5.42. The van der Waals surface area contributed by atoms with Crippen LogP contribution in [0.1, 0.15) is 25.6 Å². The van der Waals surface area contributed by atoms with E-state index in [0.717, 1.165) is 24.0 Å². The van der Waals surface area contributed by atoms with Gasteiger partial charge >= 0.3 is 5.97 Å². The second-order valence-corrected chi connectivity index (χ2v) is 5.02. The van der Waals surface area contributed by atoms with E-state index in [0.29, 0.717) is 12.8 Å². The summed E-state index contributed by atoms with van der Waals surface area (Å²) in [6.07, 6.45) is 1.33. The van der Waals surface area contributed by atoms with Crippen LogP contribution in [0.3, 0.4) is 0 Å². The quantitative estimate of drug-likeness (QED) is 0.839. The largest absolute Gasteiger partial charge is 0.481 e. The first-order valence-electron chi connectivity index (χ1n) is 6.55. The Balaban J connectivity index is 2.01.